The van der Waals surface area contributed by atoms with Crippen molar-refractivity contribution in [2.24, 2.45) is 0 Å². The van der Waals surface area contributed by atoms with Crippen LogP contribution in [0.1, 0.15) is 13.3 Å². The largest absolute Gasteiger partial charge is 0.396 e. The summed E-state index contributed by atoms with van der Waals surface area (Å²) >= 11 is 1.20. The Morgan fingerprint density at radius 1 is 1.50 bits per heavy atom. The third-order valence-electron chi connectivity index (χ3n) is 1.04. The smallest absolute Gasteiger partial charge is 0.247 e. The Kier molecular flexibility index (Phi) is 6.02. The van der Waals surface area contributed by atoms with Crippen LogP contribution in [-0.2, 0) is 0 Å². The molecule has 10 heavy (non-hydrogen) atoms. The molecule has 0 amide bonds. The van der Waals surface area contributed by atoms with E-state index < -0.39 is 6.43 Å². The van der Waals surface area contributed by atoms with Crippen LogP contribution in [0.2, 0.25) is 0 Å². The lowest BCUT2D eigenvalue weighted by molar-refractivity contribution is 0.176. The van der Waals surface area contributed by atoms with Gasteiger partial charge in [0, 0.05) is 11.9 Å². The first-order valence-corrected chi connectivity index (χ1v) is 4.22. The molecule has 0 aromatic carbocycles. The lowest BCUT2D eigenvalue weighted by atomic mass is 10.3. The van der Waals surface area contributed by atoms with Crippen molar-refractivity contribution in [2.45, 2.75) is 25.0 Å². The lowest BCUT2D eigenvalue weighted by Gasteiger charge is -2.07. The zero-order chi connectivity index (χ0) is 7.98. The monoisotopic (exact) mass is 170 g/mol. The zero-order valence-electron chi connectivity index (χ0n) is 5.89. The molecule has 0 aliphatic rings. The highest BCUT2D eigenvalue weighted by Gasteiger charge is 2.06. The van der Waals surface area contributed by atoms with Crippen molar-refractivity contribution in [2.75, 3.05) is 12.4 Å². The maximum atomic E-state index is 11.6. The molecule has 0 aliphatic carbocycles. The summed E-state index contributed by atoms with van der Waals surface area (Å²) in [7, 11) is 0. The van der Waals surface area contributed by atoms with Crippen LogP contribution < -0.4 is 0 Å². The molecule has 0 bridgehead atoms. The Morgan fingerprint density at radius 3 is 2.50 bits per heavy atom. The molecule has 0 aliphatic heterocycles. The molecular formula is C6H12F2OS. The third-order valence-corrected chi connectivity index (χ3v) is 2.29. The van der Waals surface area contributed by atoms with Gasteiger partial charge in [0.05, 0.1) is 5.75 Å². The highest BCUT2D eigenvalue weighted by atomic mass is 32.2. The topological polar surface area (TPSA) is 20.2 Å². The van der Waals surface area contributed by atoms with E-state index in [4.69, 9.17) is 5.11 Å². The van der Waals surface area contributed by atoms with E-state index in [2.05, 4.69) is 0 Å². The van der Waals surface area contributed by atoms with Crippen molar-refractivity contribution >= 4 is 11.8 Å². The molecule has 0 aromatic heterocycles. The second kappa shape index (κ2) is 5.92. The van der Waals surface area contributed by atoms with Crippen molar-refractivity contribution in [1.82, 2.24) is 0 Å². The molecule has 4 heteroatoms. The van der Waals surface area contributed by atoms with Crippen LogP contribution in [0, 0.1) is 0 Å². The minimum atomic E-state index is -2.23. The van der Waals surface area contributed by atoms with Crippen LogP contribution in [0.4, 0.5) is 8.78 Å². The molecule has 0 saturated carbocycles. The van der Waals surface area contributed by atoms with Crippen LogP contribution in [-0.4, -0.2) is 29.1 Å². The molecule has 0 heterocycles. The molecule has 0 rings (SSSR count). The molecule has 0 fully saturated rings. The van der Waals surface area contributed by atoms with Crippen molar-refractivity contribution in [3.8, 4) is 0 Å². The highest BCUT2D eigenvalue weighted by Crippen LogP contribution is 2.15. The Labute approximate surface area is 63.8 Å². The fourth-order valence-electron chi connectivity index (χ4n) is 0.502. The fourth-order valence-corrected chi connectivity index (χ4v) is 1.25. The standard InChI is InChI=1S/C6H12F2OS/c1-5(2-3-9)10-4-6(7)8/h5-6,9H,2-4H2,1H3. The maximum absolute atomic E-state index is 11.6. The zero-order valence-corrected chi connectivity index (χ0v) is 6.70. The van der Waals surface area contributed by atoms with E-state index in [1.54, 1.807) is 0 Å². The summed E-state index contributed by atoms with van der Waals surface area (Å²) in [6, 6.07) is 0. The molecule has 1 unspecified atom stereocenters. The normalized spacial score (nSPS) is 14.1. The van der Waals surface area contributed by atoms with Gasteiger partial charge in [0.25, 0.3) is 0 Å². The summed E-state index contributed by atoms with van der Waals surface area (Å²) in [6.45, 7) is 1.92. The average Bonchev–Trinajstić information content (AvgIpc) is 1.85. The summed E-state index contributed by atoms with van der Waals surface area (Å²) in [6.07, 6.45) is -1.64. The summed E-state index contributed by atoms with van der Waals surface area (Å²) in [5, 5.41) is 8.54. The first-order chi connectivity index (χ1) is 4.66. The van der Waals surface area contributed by atoms with Gasteiger partial charge < -0.3 is 5.11 Å². The summed E-state index contributed by atoms with van der Waals surface area (Å²) in [4.78, 5) is 0. The van der Waals surface area contributed by atoms with Crippen LogP contribution in [0.3, 0.4) is 0 Å². The lowest BCUT2D eigenvalue weighted by Crippen LogP contribution is -2.04. The number of halogens is 2. The van der Waals surface area contributed by atoms with Gasteiger partial charge in [-0.25, -0.2) is 8.78 Å². The first-order valence-electron chi connectivity index (χ1n) is 3.17. The van der Waals surface area contributed by atoms with Crippen LogP contribution >= 0.6 is 11.8 Å². The molecule has 1 nitrogen and oxygen atoms in total. The third kappa shape index (κ3) is 6.29. The van der Waals surface area contributed by atoms with E-state index >= 15 is 0 Å². The Balaban J connectivity index is 3.12. The summed E-state index contributed by atoms with van der Waals surface area (Å²) in [5.74, 6) is -0.124. The fraction of sp³-hybridized carbons (Fsp3) is 1.00. The first kappa shape index (κ1) is 10.2. The number of hydrogen-bond donors (Lipinski definition) is 1. The molecule has 0 saturated heterocycles. The molecular weight excluding hydrogens is 158 g/mol. The maximum Gasteiger partial charge on any atom is 0.247 e. The van der Waals surface area contributed by atoms with Gasteiger partial charge in [0.15, 0.2) is 0 Å². The van der Waals surface area contributed by atoms with Gasteiger partial charge >= 0.3 is 0 Å². The van der Waals surface area contributed by atoms with E-state index in [0.717, 1.165) is 0 Å². The van der Waals surface area contributed by atoms with Gasteiger partial charge in [-0.3, -0.25) is 0 Å². The van der Waals surface area contributed by atoms with Crippen LogP contribution in [0.5, 0.6) is 0 Å². The molecule has 0 aromatic rings. The van der Waals surface area contributed by atoms with Crippen LogP contribution in [0.25, 0.3) is 0 Å². The van der Waals surface area contributed by atoms with Crippen molar-refractivity contribution in [1.29, 1.82) is 0 Å². The number of aliphatic hydroxyl groups is 1. The van der Waals surface area contributed by atoms with E-state index in [1.807, 2.05) is 6.92 Å². The average molecular weight is 170 g/mol. The molecule has 1 N–H and O–H groups in total. The number of alkyl halides is 2. The van der Waals surface area contributed by atoms with E-state index in [1.165, 1.54) is 11.8 Å². The molecule has 0 spiro atoms. The van der Waals surface area contributed by atoms with Gasteiger partial charge in [-0.2, -0.15) is 11.8 Å². The van der Waals surface area contributed by atoms with Gasteiger partial charge in [0.1, 0.15) is 0 Å². The Bertz CT molecular complexity index is 80.1. The molecule has 1 atom stereocenters. The number of aliphatic hydroxyl groups excluding tert-OH is 1. The Hall–Kier alpha value is 0.170. The predicted molar refractivity (Wildman–Crippen MR) is 39.6 cm³/mol. The number of rotatable bonds is 5. The second-order valence-corrected chi connectivity index (χ2v) is 3.52. The number of thioether (sulfide) groups is 1. The quantitative estimate of drug-likeness (QED) is 0.678. The minimum Gasteiger partial charge on any atom is -0.396 e. The highest BCUT2D eigenvalue weighted by molar-refractivity contribution is 7.99. The molecule has 0 radical (unpaired) electrons. The van der Waals surface area contributed by atoms with E-state index in [-0.39, 0.29) is 17.6 Å². The van der Waals surface area contributed by atoms with Crippen LogP contribution in [0.15, 0.2) is 0 Å². The van der Waals surface area contributed by atoms with Crippen molar-refractivity contribution in [3.63, 3.8) is 0 Å². The van der Waals surface area contributed by atoms with Crippen molar-refractivity contribution in [3.05, 3.63) is 0 Å². The number of hydrogen-bond acceptors (Lipinski definition) is 2. The van der Waals surface area contributed by atoms with E-state index in [0.29, 0.717) is 6.42 Å². The SMILES string of the molecule is CC(CCO)SCC(F)F. The van der Waals surface area contributed by atoms with E-state index in [9.17, 15) is 8.78 Å². The van der Waals surface area contributed by atoms with Gasteiger partial charge in [-0.1, -0.05) is 6.92 Å². The summed E-state index contributed by atoms with van der Waals surface area (Å²) < 4.78 is 23.1. The predicted octanol–water partition coefficient (Wildman–Crippen LogP) is 1.76. The van der Waals surface area contributed by atoms with Gasteiger partial charge in [0.2, 0.25) is 6.43 Å². The molecule has 62 valence electrons. The summed E-state index contributed by atoms with van der Waals surface area (Å²) in [5.41, 5.74) is 0. The second-order valence-electron chi connectivity index (χ2n) is 2.05. The van der Waals surface area contributed by atoms with Gasteiger partial charge in [-0.05, 0) is 6.42 Å². The minimum absolute atomic E-state index is 0.0808. The van der Waals surface area contributed by atoms with Gasteiger partial charge in [-0.15, -0.1) is 0 Å². The Morgan fingerprint density at radius 2 is 2.10 bits per heavy atom. The van der Waals surface area contributed by atoms with Crippen molar-refractivity contribution < 1.29 is 13.9 Å².